The molecule has 106 valence electrons. The maximum atomic E-state index is 11.8. The van der Waals surface area contributed by atoms with E-state index in [0.29, 0.717) is 4.88 Å². The quantitative estimate of drug-likeness (QED) is 0.778. The molecule has 2 aromatic rings. The molecule has 1 atom stereocenters. The highest BCUT2D eigenvalue weighted by Crippen LogP contribution is 2.14. The number of amides is 2. The van der Waals surface area contributed by atoms with E-state index in [0.717, 1.165) is 10.4 Å². The highest BCUT2D eigenvalue weighted by Gasteiger charge is 2.12. The third kappa shape index (κ3) is 3.67. The molecule has 2 aromatic heterocycles. The summed E-state index contributed by atoms with van der Waals surface area (Å²) in [6.45, 7) is 3.74. The summed E-state index contributed by atoms with van der Waals surface area (Å²) < 4.78 is 0. The minimum Gasteiger partial charge on any atom is -0.348 e. The van der Waals surface area contributed by atoms with Gasteiger partial charge >= 0.3 is 0 Å². The fraction of sp³-hybridized carbons (Fsp3) is 0.308. The number of aromatic nitrogens is 2. The van der Waals surface area contributed by atoms with Crippen molar-refractivity contribution in [3.63, 3.8) is 0 Å². The van der Waals surface area contributed by atoms with Crippen molar-refractivity contribution >= 4 is 23.2 Å². The van der Waals surface area contributed by atoms with Gasteiger partial charge in [-0.2, -0.15) is 5.10 Å². The Kier molecular flexibility index (Phi) is 4.52. The number of thiophene rings is 1. The summed E-state index contributed by atoms with van der Waals surface area (Å²) in [7, 11) is 0. The van der Waals surface area contributed by atoms with E-state index in [1.165, 1.54) is 11.3 Å². The van der Waals surface area contributed by atoms with Crippen LogP contribution in [0.3, 0.4) is 0 Å². The van der Waals surface area contributed by atoms with Gasteiger partial charge in [0, 0.05) is 16.6 Å². The van der Waals surface area contributed by atoms with Crippen molar-refractivity contribution in [3.05, 3.63) is 39.8 Å². The molecule has 0 aliphatic heterocycles. The zero-order chi connectivity index (χ0) is 14.5. The van der Waals surface area contributed by atoms with E-state index in [1.807, 2.05) is 19.9 Å². The Morgan fingerprint density at radius 3 is 2.85 bits per heavy atom. The first-order valence-corrected chi connectivity index (χ1v) is 7.00. The van der Waals surface area contributed by atoms with Crippen LogP contribution in [0, 0.1) is 6.92 Å². The molecule has 6 nitrogen and oxygen atoms in total. The lowest BCUT2D eigenvalue weighted by molar-refractivity contribution is -0.120. The average Bonchev–Trinajstić information content (AvgIpc) is 3.06. The van der Waals surface area contributed by atoms with Crippen molar-refractivity contribution in [2.45, 2.75) is 19.9 Å². The van der Waals surface area contributed by atoms with Gasteiger partial charge in [0.2, 0.25) is 5.91 Å². The van der Waals surface area contributed by atoms with Crippen molar-refractivity contribution in [1.29, 1.82) is 0 Å². The largest absolute Gasteiger partial charge is 0.348 e. The number of rotatable bonds is 5. The molecule has 0 saturated carbocycles. The first-order valence-electron chi connectivity index (χ1n) is 6.19. The monoisotopic (exact) mass is 292 g/mol. The fourth-order valence-corrected chi connectivity index (χ4v) is 2.46. The van der Waals surface area contributed by atoms with Gasteiger partial charge in [-0.1, -0.05) is 0 Å². The van der Waals surface area contributed by atoms with E-state index in [4.69, 9.17) is 0 Å². The van der Waals surface area contributed by atoms with Crippen molar-refractivity contribution < 1.29 is 9.59 Å². The molecule has 0 aliphatic carbocycles. The minimum absolute atomic E-state index is 0.0437. The molecule has 0 saturated heterocycles. The molecule has 2 rings (SSSR count). The van der Waals surface area contributed by atoms with Crippen LogP contribution in [0.25, 0.3) is 0 Å². The number of hydrogen-bond acceptors (Lipinski definition) is 4. The molecule has 2 amide bonds. The second-order valence-corrected chi connectivity index (χ2v) is 5.70. The van der Waals surface area contributed by atoms with Crippen LogP contribution in [0.1, 0.15) is 33.1 Å². The summed E-state index contributed by atoms with van der Waals surface area (Å²) in [5, 5.41) is 11.9. The lowest BCUT2D eigenvalue weighted by Crippen LogP contribution is -2.37. The molecule has 0 aromatic carbocycles. The number of aromatic amines is 1. The smallest absolute Gasteiger partial charge is 0.261 e. The molecule has 1 unspecified atom stereocenters. The lowest BCUT2D eigenvalue weighted by atomic mass is 10.2. The zero-order valence-corrected chi connectivity index (χ0v) is 12.1. The molecule has 0 radical (unpaired) electrons. The maximum absolute atomic E-state index is 11.8. The molecule has 3 N–H and O–H groups in total. The van der Waals surface area contributed by atoms with Gasteiger partial charge in [0.1, 0.15) is 0 Å². The Labute approximate surface area is 120 Å². The maximum Gasteiger partial charge on any atom is 0.261 e. The van der Waals surface area contributed by atoms with Crippen molar-refractivity contribution in [2.24, 2.45) is 0 Å². The SMILES string of the molecule is Cc1ccc(C(=O)NCC(=O)NC(C)c2cn[nH]c2)s1. The number of nitrogens with zero attached hydrogens (tertiary/aromatic N) is 1. The van der Waals surface area contributed by atoms with Crippen LogP contribution in [0.5, 0.6) is 0 Å². The van der Waals surface area contributed by atoms with Crippen LogP contribution in [0.15, 0.2) is 24.5 Å². The van der Waals surface area contributed by atoms with E-state index in [9.17, 15) is 9.59 Å². The molecular weight excluding hydrogens is 276 g/mol. The second-order valence-electron chi connectivity index (χ2n) is 4.41. The Morgan fingerprint density at radius 2 is 2.25 bits per heavy atom. The molecule has 0 bridgehead atoms. The number of H-pyrrole nitrogens is 1. The predicted octanol–water partition coefficient (Wildman–Crippen LogP) is 1.39. The lowest BCUT2D eigenvalue weighted by Gasteiger charge is -2.12. The normalized spacial score (nSPS) is 11.9. The first-order chi connectivity index (χ1) is 9.56. The Morgan fingerprint density at radius 1 is 1.45 bits per heavy atom. The van der Waals surface area contributed by atoms with Gasteiger partial charge in [-0.25, -0.2) is 0 Å². The van der Waals surface area contributed by atoms with Crippen LogP contribution in [0.2, 0.25) is 0 Å². The molecule has 7 heteroatoms. The number of aryl methyl sites for hydroxylation is 1. The van der Waals surface area contributed by atoms with Crippen molar-refractivity contribution in [2.75, 3.05) is 6.54 Å². The summed E-state index contributed by atoms with van der Waals surface area (Å²) in [6.07, 6.45) is 3.37. The summed E-state index contributed by atoms with van der Waals surface area (Å²) >= 11 is 1.40. The van der Waals surface area contributed by atoms with Gasteiger partial charge in [-0.3, -0.25) is 14.7 Å². The summed E-state index contributed by atoms with van der Waals surface area (Å²) in [6, 6.07) is 3.48. The van der Waals surface area contributed by atoms with E-state index >= 15 is 0 Å². The van der Waals surface area contributed by atoms with E-state index in [2.05, 4.69) is 20.8 Å². The first kappa shape index (κ1) is 14.3. The minimum atomic E-state index is -0.236. The third-order valence-corrected chi connectivity index (χ3v) is 3.77. The topological polar surface area (TPSA) is 86.9 Å². The highest BCUT2D eigenvalue weighted by molar-refractivity contribution is 7.13. The van der Waals surface area contributed by atoms with Gasteiger partial charge in [0.15, 0.2) is 0 Å². The van der Waals surface area contributed by atoms with Gasteiger partial charge in [0.25, 0.3) is 5.91 Å². The summed E-state index contributed by atoms with van der Waals surface area (Å²) in [4.78, 5) is 25.2. The number of nitrogens with one attached hydrogen (secondary N) is 3. The Balaban J connectivity index is 1.79. The van der Waals surface area contributed by atoms with Gasteiger partial charge < -0.3 is 10.6 Å². The van der Waals surface area contributed by atoms with E-state index < -0.39 is 0 Å². The van der Waals surface area contributed by atoms with Gasteiger partial charge in [-0.05, 0) is 26.0 Å². The van der Waals surface area contributed by atoms with Crippen LogP contribution in [-0.4, -0.2) is 28.6 Å². The molecule has 0 fully saturated rings. The molecule has 2 heterocycles. The zero-order valence-electron chi connectivity index (χ0n) is 11.3. The average molecular weight is 292 g/mol. The molecule has 0 aliphatic rings. The molecule has 20 heavy (non-hydrogen) atoms. The van der Waals surface area contributed by atoms with Crippen LogP contribution in [-0.2, 0) is 4.79 Å². The summed E-state index contributed by atoms with van der Waals surface area (Å²) in [5.41, 5.74) is 0.888. The standard InChI is InChI=1S/C13H16N4O2S/c1-8-3-4-11(20-8)13(19)14-7-12(18)17-9(2)10-5-15-16-6-10/h3-6,9H,7H2,1-2H3,(H,14,19)(H,15,16)(H,17,18). The van der Waals surface area contributed by atoms with Gasteiger partial charge in [-0.15, -0.1) is 11.3 Å². The predicted molar refractivity (Wildman–Crippen MR) is 76.5 cm³/mol. The fourth-order valence-electron chi connectivity index (χ4n) is 1.68. The van der Waals surface area contributed by atoms with Crippen molar-refractivity contribution in [1.82, 2.24) is 20.8 Å². The third-order valence-electron chi connectivity index (χ3n) is 2.77. The Hall–Kier alpha value is -2.15. The van der Waals surface area contributed by atoms with Crippen LogP contribution >= 0.6 is 11.3 Å². The highest BCUT2D eigenvalue weighted by atomic mass is 32.1. The van der Waals surface area contributed by atoms with Crippen LogP contribution < -0.4 is 10.6 Å². The number of carbonyl (C=O) groups excluding carboxylic acids is 2. The van der Waals surface area contributed by atoms with Crippen LogP contribution in [0.4, 0.5) is 0 Å². The molecular formula is C13H16N4O2S. The second kappa shape index (κ2) is 6.33. The Bertz CT molecular complexity index is 591. The number of carbonyl (C=O) groups is 2. The molecule has 0 spiro atoms. The van der Waals surface area contributed by atoms with E-state index in [1.54, 1.807) is 18.5 Å². The van der Waals surface area contributed by atoms with Crippen molar-refractivity contribution in [3.8, 4) is 0 Å². The summed E-state index contributed by atoms with van der Waals surface area (Å²) in [5.74, 6) is -0.463. The van der Waals surface area contributed by atoms with E-state index in [-0.39, 0.29) is 24.4 Å². The number of hydrogen-bond donors (Lipinski definition) is 3. The van der Waals surface area contributed by atoms with Gasteiger partial charge in [0.05, 0.1) is 23.7 Å².